The van der Waals surface area contributed by atoms with E-state index in [2.05, 4.69) is 43.7 Å². The van der Waals surface area contributed by atoms with Gasteiger partial charge in [-0.15, -0.1) is 0 Å². The van der Waals surface area contributed by atoms with Gasteiger partial charge in [0.25, 0.3) is 0 Å². The van der Waals surface area contributed by atoms with Gasteiger partial charge in [0.15, 0.2) is 6.67 Å². The summed E-state index contributed by atoms with van der Waals surface area (Å²) < 4.78 is 0.661. The van der Waals surface area contributed by atoms with Crippen molar-refractivity contribution >= 4 is 17.9 Å². The Morgan fingerprint density at radius 1 is 1.09 bits per heavy atom. The van der Waals surface area contributed by atoms with Crippen LogP contribution in [0.5, 0.6) is 0 Å². The Kier molecular flexibility index (Phi) is 14.0. The Hall–Kier alpha value is -1.85. The first kappa shape index (κ1) is 28.2. The molecule has 1 heterocycles. The van der Waals surface area contributed by atoms with Crippen LogP contribution in [0.3, 0.4) is 0 Å². The number of unbranched alkanes of at least 4 members (excludes halogenated alkanes) is 5. The molecule has 2 rings (SSSR count). The Morgan fingerprint density at radius 2 is 1.81 bits per heavy atom. The van der Waals surface area contributed by atoms with Gasteiger partial charge in [0.05, 0.1) is 19.8 Å². The molecule has 1 atom stereocenters. The third kappa shape index (κ3) is 11.1. The standard InChI is InChI=1S/C26H41N3O2.ClH/c1-3-4-5-6-7-11-16-25(30)27-19-13-21-29(2,23-28-20-12-17-26(28)31)22-18-24-14-9-8-10-15-24;/h8-10,14-15,18,22H,3-7,11-13,16-17,19-21,23H2,1-2H3;1H. The summed E-state index contributed by atoms with van der Waals surface area (Å²) >= 11 is 0. The molecule has 5 nitrogen and oxygen atoms in total. The molecular weight excluding hydrogens is 422 g/mol. The molecule has 0 aromatic heterocycles. The Labute approximate surface area is 201 Å². The van der Waals surface area contributed by atoms with Crippen molar-refractivity contribution in [3.8, 4) is 0 Å². The summed E-state index contributed by atoms with van der Waals surface area (Å²) in [5, 5.41) is 3.08. The van der Waals surface area contributed by atoms with Gasteiger partial charge in [0, 0.05) is 32.4 Å². The van der Waals surface area contributed by atoms with Crippen molar-refractivity contribution in [2.75, 3.05) is 33.4 Å². The highest BCUT2D eigenvalue weighted by atomic mass is 35.5. The zero-order valence-corrected chi connectivity index (χ0v) is 20.8. The average molecular weight is 464 g/mol. The lowest BCUT2D eigenvalue weighted by molar-refractivity contribution is -0.868. The number of quaternary nitrogens is 1. The lowest BCUT2D eigenvalue weighted by Crippen LogP contribution is -3.00. The maximum atomic E-state index is 12.2. The molecule has 1 aliphatic heterocycles. The lowest BCUT2D eigenvalue weighted by Gasteiger charge is -2.34. The number of likely N-dealkylation sites (tertiary alicyclic amines) is 1. The molecule has 0 aliphatic carbocycles. The molecule has 1 unspecified atom stereocenters. The van der Waals surface area contributed by atoms with Crippen molar-refractivity contribution in [3.63, 3.8) is 0 Å². The molecule has 6 heteroatoms. The monoisotopic (exact) mass is 463 g/mol. The second-order valence-corrected chi connectivity index (χ2v) is 9.05. The smallest absolute Gasteiger partial charge is 0.226 e. The third-order valence-corrected chi connectivity index (χ3v) is 6.02. The minimum absolute atomic E-state index is 0. The summed E-state index contributed by atoms with van der Waals surface area (Å²) in [6.07, 6.45) is 14.7. The fourth-order valence-electron chi connectivity index (χ4n) is 4.09. The van der Waals surface area contributed by atoms with Gasteiger partial charge in [0.2, 0.25) is 11.8 Å². The zero-order valence-electron chi connectivity index (χ0n) is 20.0. The number of benzene rings is 1. The second-order valence-electron chi connectivity index (χ2n) is 9.05. The van der Waals surface area contributed by atoms with Crippen molar-refractivity contribution in [2.45, 2.75) is 71.1 Å². The Balaban J connectivity index is 0.00000512. The summed E-state index contributed by atoms with van der Waals surface area (Å²) in [6.45, 7) is 5.33. The molecule has 1 fully saturated rings. The molecule has 1 saturated heterocycles. The van der Waals surface area contributed by atoms with Crippen LogP contribution in [0, 0.1) is 0 Å². The number of nitrogens with zero attached hydrogens (tertiary/aromatic N) is 2. The van der Waals surface area contributed by atoms with E-state index >= 15 is 0 Å². The van der Waals surface area contributed by atoms with E-state index in [0.29, 0.717) is 30.5 Å². The molecule has 0 saturated carbocycles. The molecule has 2 amide bonds. The van der Waals surface area contributed by atoms with Crippen molar-refractivity contribution in [2.24, 2.45) is 0 Å². The van der Waals surface area contributed by atoms with E-state index in [1.807, 2.05) is 23.1 Å². The van der Waals surface area contributed by atoms with E-state index in [-0.39, 0.29) is 24.2 Å². The summed E-state index contributed by atoms with van der Waals surface area (Å²) in [5.74, 6) is 0.420. The molecular formula is C26H42ClN3O2. The Morgan fingerprint density at radius 3 is 2.50 bits per heavy atom. The van der Waals surface area contributed by atoms with Gasteiger partial charge in [-0.1, -0.05) is 69.4 Å². The number of hydrogen-bond donors (Lipinski definition) is 1. The number of halogens is 1. The molecule has 0 radical (unpaired) electrons. The number of amides is 2. The maximum Gasteiger partial charge on any atom is 0.226 e. The van der Waals surface area contributed by atoms with Crippen LogP contribution in [0.2, 0.25) is 0 Å². The fraction of sp³-hybridized carbons (Fsp3) is 0.615. The van der Waals surface area contributed by atoms with E-state index in [9.17, 15) is 9.59 Å². The largest absolute Gasteiger partial charge is 1.00 e. The predicted octanol–water partition coefficient (Wildman–Crippen LogP) is 1.94. The van der Waals surface area contributed by atoms with Gasteiger partial charge in [-0.2, -0.15) is 0 Å². The highest BCUT2D eigenvalue weighted by molar-refractivity contribution is 5.77. The number of rotatable bonds is 15. The van der Waals surface area contributed by atoms with Crippen LogP contribution in [0.4, 0.5) is 0 Å². The third-order valence-electron chi connectivity index (χ3n) is 6.02. The zero-order chi connectivity index (χ0) is 22.4. The highest BCUT2D eigenvalue weighted by Gasteiger charge is 2.28. The van der Waals surface area contributed by atoms with Crippen molar-refractivity contribution < 1.29 is 26.5 Å². The van der Waals surface area contributed by atoms with Gasteiger partial charge < -0.3 is 17.7 Å². The number of carbonyl (C=O) groups is 2. The van der Waals surface area contributed by atoms with E-state index in [0.717, 1.165) is 44.3 Å². The van der Waals surface area contributed by atoms with Gasteiger partial charge in [-0.05, 0) is 24.5 Å². The molecule has 180 valence electrons. The molecule has 0 bridgehead atoms. The first-order valence-corrected chi connectivity index (χ1v) is 12.2. The first-order valence-electron chi connectivity index (χ1n) is 12.2. The van der Waals surface area contributed by atoms with E-state index in [4.69, 9.17) is 0 Å². The molecule has 1 N–H and O–H groups in total. The number of carbonyl (C=O) groups excluding carboxylic acids is 2. The lowest BCUT2D eigenvalue weighted by atomic mass is 10.1. The fourth-order valence-corrected chi connectivity index (χ4v) is 4.09. The molecule has 1 aliphatic rings. The van der Waals surface area contributed by atoms with Crippen LogP contribution in [-0.4, -0.2) is 54.5 Å². The van der Waals surface area contributed by atoms with Gasteiger partial charge in [-0.3, -0.25) is 19.0 Å². The first-order chi connectivity index (χ1) is 15.0. The number of hydrogen-bond acceptors (Lipinski definition) is 2. The molecule has 32 heavy (non-hydrogen) atoms. The van der Waals surface area contributed by atoms with Crippen molar-refractivity contribution in [1.82, 2.24) is 10.2 Å². The van der Waals surface area contributed by atoms with Crippen molar-refractivity contribution in [3.05, 3.63) is 42.1 Å². The summed E-state index contributed by atoms with van der Waals surface area (Å²) in [4.78, 5) is 26.2. The Bertz CT molecular complexity index is 696. The SMILES string of the molecule is CCCCCCCCC(=O)NCCC[N+](C)(C=Cc1ccccc1)CN1CCCC1=O.[Cl-]. The van der Waals surface area contributed by atoms with Crippen LogP contribution < -0.4 is 17.7 Å². The quantitative estimate of drug-likeness (QED) is 0.319. The molecule has 1 aromatic carbocycles. The van der Waals surface area contributed by atoms with E-state index < -0.39 is 0 Å². The van der Waals surface area contributed by atoms with Crippen LogP contribution in [0.25, 0.3) is 6.08 Å². The van der Waals surface area contributed by atoms with Crippen LogP contribution in [-0.2, 0) is 9.59 Å². The molecule has 1 aromatic rings. The topological polar surface area (TPSA) is 49.4 Å². The van der Waals surface area contributed by atoms with E-state index in [1.54, 1.807) is 0 Å². The minimum Gasteiger partial charge on any atom is -1.00 e. The van der Waals surface area contributed by atoms with Gasteiger partial charge >= 0.3 is 0 Å². The second kappa shape index (κ2) is 15.9. The van der Waals surface area contributed by atoms with Gasteiger partial charge in [-0.25, -0.2) is 0 Å². The predicted molar refractivity (Wildman–Crippen MR) is 128 cm³/mol. The van der Waals surface area contributed by atoms with E-state index in [1.165, 1.54) is 25.7 Å². The summed E-state index contributed by atoms with van der Waals surface area (Å²) in [7, 11) is 2.17. The van der Waals surface area contributed by atoms with Crippen LogP contribution in [0.15, 0.2) is 36.5 Å². The van der Waals surface area contributed by atoms with Gasteiger partial charge in [0.1, 0.15) is 0 Å². The number of nitrogens with one attached hydrogen (secondary N) is 1. The normalized spacial score (nSPS) is 15.6. The van der Waals surface area contributed by atoms with Crippen molar-refractivity contribution in [1.29, 1.82) is 0 Å². The highest BCUT2D eigenvalue weighted by Crippen LogP contribution is 2.16. The maximum absolute atomic E-state index is 12.2. The molecule has 0 spiro atoms. The van der Waals surface area contributed by atoms with Crippen LogP contribution >= 0.6 is 0 Å². The average Bonchev–Trinajstić information content (AvgIpc) is 3.17. The summed E-state index contributed by atoms with van der Waals surface area (Å²) in [6, 6.07) is 10.3. The minimum atomic E-state index is 0. The summed E-state index contributed by atoms with van der Waals surface area (Å²) in [5.41, 5.74) is 1.16. The van der Waals surface area contributed by atoms with Crippen LogP contribution in [0.1, 0.15) is 76.7 Å².